The normalized spacial score (nSPS) is 11.6. The molecule has 0 fully saturated rings. The first-order chi connectivity index (χ1) is 12.6. The first-order valence-electron chi connectivity index (χ1n) is 8.78. The number of nitrogens with one attached hydrogen (secondary N) is 1. The molecule has 0 saturated heterocycles. The van der Waals surface area contributed by atoms with E-state index in [1.807, 2.05) is 49.3 Å². The molecule has 0 saturated carbocycles. The minimum atomic E-state index is 0.408. The largest absolute Gasteiger partial charge is 0.370 e. The number of benzene rings is 2. The molecule has 3 aromatic rings. The number of aliphatic imine (C=N–C) groups is 1. The zero-order chi connectivity index (χ0) is 18.5. The number of aryl methyl sites for hydroxylation is 1. The fourth-order valence-electron chi connectivity index (χ4n) is 2.82. The number of nitrogens with zero attached hydrogens (tertiary/aromatic N) is 3. The van der Waals surface area contributed by atoms with Gasteiger partial charge in [-0.1, -0.05) is 37.3 Å². The maximum absolute atomic E-state index is 6.10. The van der Waals surface area contributed by atoms with Gasteiger partial charge in [0.15, 0.2) is 5.96 Å². The van der Waals surface area contributed by atoms with Crippen molar-refractivity contribution in [3.05, 3.63) is 65.7 Å². The molecule has 26 heavy (non-hydrogen) atoms. The van der Waals surface area contributed by atoms with E-state index in [1.165, 1.54) is 5.56 Å². The van der Waals surface area contributed by atoms with Crippen LogP contribution in [0.2, 0.25) is 0 Å². The van der Waals surface area contributed by atoms with Gasteiger partial charge in [-0.25, -0.2) is 9.98 Å². The third-order valence-electron chi connectivity index (χ3n) is 4.27. The Morgan fingerprint density at radius 1 is 1.12 bits per heavy atom. The van der Waals surface area contributed by atoms with Gasteiger partial charge < -0.3 is 16.0 Å². The Kier molecular flexibility index (Phi) is 5.37. The van der Waals surface area contributed by atoms with Gasteiger partial charge in [-0.2, -0.15) is 0 Å². The van der Waals surface area contributed by atoms with Gasteiger partial charge >= 0.3 is 0 Å². The molecule has 1 aromatic heterocycles. The van der Waals surface area contributed by atoms with Crippen molar-refractivity contribution in [2.24, 2.45) is 10.7 Å². The second kappa shape index (κ2) is 7.87. The minimum Gasteiger partial charge on any atom is -0.370 e. The van der Waals surface area contributed by atoms with Crippen LogP contribution in [0.5, 0.6) is 0 Å². The first-order valence-corrected chi connectivity index (χ1v) is 8.78. The number of rotatable bonds is 5. The Balaban J connectivity index is 1.84. The van der Waals surface area contributed by atoms with Gasteiger partial charge in [0.05, 0.1) is 12.1 Å². The highest BCUT2D eigenvalue weighted by Crippen LogP contribution is 2.22. The average Bonchev–Trinajstić information content (AvgIpc) is 2.66. The second-order valence-corrected chi connectivity index (χ2v) is 6.43. The third-order valence-corrected chi connectivity index (χ3v) is 4.27. The molecule has 3 N–H and O–H groups in total. The van der Waals surface area contributed by atoms with Crippen LogP contribution in [-0.2, 0) is 13.0 Å². The molecule has 5 nitrogen and oxygen atoms in total. The van der Waals surface area contributed by atoms with E-state index in [2.05, 4.69) is 46.5 Å². The van der Waals surface area contributed by atoms with Crippen LogP contribution in [0, 0.1) is 0 Å². The Bertz CT molecular complexity index is 931. The molecule has 0 aliphatic heterocycles. The van der Waals surface area contributed by atoms with Crippen LogP contribution in [-0.4, -0.2) is 25.0 Å². The highest BCUT2D eigenvalue weighted by Gasteiger charge is 2.07. The molecule has 0 aliphatic carbocycles. The van der Waals surface area contributed by atoms with Crippen molar-refractivity contribution in [3.8, 4) is 0 Å². The number of guanidine groups is 1. The molecule has 0 unspecified atom stereocenters. The maximum atomic E-state index is 6.10. The van der Waals surface area contributed by atoms with Crippen LogP contribution in [0.3, 0.4) is 0 Å². The van der Waals surface area contributed by atoms with Crippen molar-refractivity contribution in [3.63, 3.8) is 0 Å². The number of hydrogen-bond donors (Lipinski definition) is 2. The van der Waals surface area contributed by atoms with Crippen LogP contribution in [0.1, 0.15) is 18.1 Å². The molecule has 134 valence electrons. The number of para-hydroxylation sites is 1. The van der Waals surface area contributed by atoms with Crippen molar-refractivity contribution < 1.29 is 0 Å². The van der Waals surface area contributed by atoms with Crippen molar-refractivity contribution >= 4 is 28.4 Å². The lowest BCUT2D eigenvalue weighted by molar-refractivity contribution is 1.04. The molecule has 1 heterocycles. The summed E-state index contributed by atoms with van der Waals surface area (Å²) in [6, 6.07) is 18.4. The lowest BCUT2D eigenvalue weighted by atomic mass is 10.1. The van der Waals surface area contributed by atoms with Crippen LogP contribution in [0.15, 0.2) is 59.6 Å². The highest BCUT2D eigenvalue weighted by atomic mass is 15.1. The molecule has 3 rings (SSSR count). The molecule has 0 spiro atoms. The fourth-order valence-corrected chi connectivity index (χ4v) is 2.82. The molecule has 0 atom stereocenters. The van der Waals surface area contributed by atoms with Gasteiger partial charge in [0.1, 0.15) is 5.82 Å². The van der Waals surface area contributed by atoms with Crippen molar-refractivity contribution in [2.45, 2.75) is 19.9 Å². The summed E-state index contributed by atoms with van der Waals surface area (Å²) in [6.07, 6.45) is 0.989. The van der Waals surface area contributed by atoms with E-state index in [-0.39, 0.29) is 0 Å². The Labute approximate surface area is 154 Å². The van der Waals surface area contributed by atoms with Gasteiger partial charge in [-0.3, -0.25) is 0 Å². The first kappa shape index (κ1) is 17.7. The predicted molar refractivity (Wildman–Crippen MR) is 111 cm³/mol. The highest BCUT2D eigenvalue weighted by molar-refractivity contribution is 5.92. The average molecular weight is 347 g/mol. The van der Waals surface area contributed by atoms with Gasteiger partial charge in [-0.15, -0.1) is 0 Å². The fraction of sp³-hybridized carbons (Fsp3) is 0.238. The van der Waals surface area contributed by atoms with Gasteiger partial charge in [-0.05, 0) is 41.8 Å². The summed E-state index contributed by atoms with van der Waals surface area (Å²) < 4.78 is 0. The maximum Gasteiger partial charge on any atom is 0.193 e. The molecule has 0 amide bonds. The molecule has 0 radical (unpaired) electrons. The Morgan fingerprint density at radius 3 is 2.69 bits per heavy atom. The van der Waals surface area contributed by atoms with E-state index in [0.717, 1.165) is 34.4 Å². The number of hydrogen-bond acceptors (Lipinski definition) is 3. The van der Waals surface area contributed by atoms with Crippen LogP contribution < -0.4 is 16.0 Å². The minimum absolute atomic E-state index is 0.408. The van der Waals surface area contributed by atoms with Gasteiger partial charge in [0.2, 0.25) is 0 Å². The molecule has 0 aliphatic rings. The van der Waals surface area contributed by atoms with Crippen molar-refractivity contribution in [1.29, 1.82) is 0 Å². The summed E-state index contributed by atoms with van der Waals surface area (Å²) in [7, 11) is 3.97. The van der Waals surface area contributed by atoms with Gasteiger partial charge in [0.25, 0.3) is 0 Å². The lowest BCUT2D eigenvalue weighted by Crippen LogP contribution is -2.22. The van der Waals surface area contributed by atoms with Crippen molar-refractivity contribution in [2.75, 3.05) is 24.3 Å². The second-order valence-electron chi connectivity index (χ2n) is 6.43. The molecule has 0 bridgehead atoms. The summed E-state index contributed by atoms with van der Waals surface area (Å²) in [5.74, 6) is 1.32. The van der Waals surface area contributed by atoms with Crippen molar-refractivity contribution in [1.82, 2.24) is 4.98 Å². The van der Waals surface area contributed by atoms with E-state index in [1.54, 1.807) is 0 Å². The number of pyridine rings is 1. The molecule has 5 heteroatoms. The van der Waals surface area contributed by atoms with Crippen LogP contribution >= 0.6 is 0 Å². The topological polar surface area (TPSA) is 66.5 Å². The number of nitrogens with two attached hydrogens (primary N) is 1. The van der Waals surface area contributed by atoms with Crippen LogP contribution in [0.4, 0.5) is 11.5 Å². The Hall–Kier alpha value is -3.08. The van der Waals surface area contributed by atoms with E-state index in [0.29, 0.717) is 12.5 Å². The summed E-state index contributed by atoms with van der Waals surface area (Å²) in [5, 5.41) is 4.27. The third kappa shape index (κ3) is 4.11. The standard InChI is InChI=1S/C21H25N5/c1-4-15-8-7-9-17(12-15)24-21(22)23-14-16-13-20(26(2)3)25-19-11-6-5-10-18(16)19/h5-13H,4,14H2,1-3H3,(H3,22,23,24). The predicted octanol–water partition coefficient (Wildman–Crippen LogP) is 3.79. The zero-order valence-corrected chi connectivity index (χ0v) is 15.5. The number of fused-ring (bicyclic) bond motifs is 1. The van der Waals surface area contributed by atoms with E-state index in [9.17, 15) is 0 Å². The SMILES string of the molecule is CCc1cccc(NC(N)=NCc2cc(N(C)C)nc3ccccc23)c1. The lowest BCUT2D eigenvalue weighted by Gasteiger charge is -2.14. The summed E-state index contributed by atoms with van der Waals surface area (Å²) in [6.45, 7) is 2.63. The van der Waals surface area contributed by atoms with Gasteiger partial charge in [0, 0.05) is 25.2 Å². The molecular formula is C21H25N5. The summed E-state index contributed by atoms with van der Waals surface area (Å²) in [4.78, 5) is 11.2. The monoisotopic (exact) mass is 347 g/mol. The number of aromatic nitrogens is 1. The van der Waals surface area contributed by atoms with E-state index >= 15 is 0 Å². The molecular weight excluding hydrogens is 322 g/mol. The van der Waals surface area contributed by atoms with Crippen LogP contribution in [0.25, 0.3) is 10.9 Å². The van der Waals surface area contributed by atoms with E-state index in [4.69, 9.17) is 5.73 Å². The summed E-state index contributed by atoms with van der Waals surface area (Å²) in [5.41, 5.74) is 10.4. The zero-order valence-electron chi connectivity index (χ0n) is 15.5. The summed E-state index contributed by atoms with van der Waals surface area (Å²) >= 11 is 0. The Morgan fingerprint density at radius 2 is 1.92 bits per heavy atom. The van der Waals surface area contributed by atoms with E-state index < -0.39 is 0 Å². The quantitative estimate of drug-likeness (QED) is 0.544. The number of anilines is 2. The molecule has 2 aromatic carbocycles. The smallest absolute Gasteiger partial charge is 0.193 e.